The molecule has 7 nitrogen and oxygen atoms in total. The lowest BCUT2D eigenvalue weighted by molar-refractivity contribution is 0.0245. The predicted octanol–water partition coefficient (Wildman–Crippen LogP) is 4.47. The third-order valence-corrected chi connectivity index (χ3v) is 4.46. The first-order valence-electron chi connectivity index (χ1n) is 10.0. The molecule has 1 N–H and O–H groups in total. The van der Waals surface area contributed by atoms with E-state index in [9.17, 15) is 9.59 Å². The van der Waals surface area contributed by atoms with Crippen molar-refractivity contribution in [3.8, 4) is 11.5 Å². The molecule has 0 bridgehead atoms. The Bertz CT molecular complexity index is 920. The van der Waals surface area contributed by atoms with Crippen LogP contribution in [0.3, 0.4) is 0 Å². The number of para-hydroxylation sites is 1. The summed E-state index contributed by atoms with van der Waals surface area (Å²) < 4.78 is 16.5. The summed E-state index contributed by atoms with van der Waals surface area (Å²) in [5.41, 5.74) is 1.35. The molecule has 0 saturated heterocycles. The van der Waals surface area contributed by atoms with Crippen molar-refractivity contribution in [3.05, 3.63) is 53.6 Å². The molecule has 30 heavy (non-hydrogen) atoms. The van der Waals surface area contributed by atoms with Crippen LogP contribution in [0.25, 0.3) is 0 Å². The summed E-state index contributed by atoms with van der Waals surface area (Å²) in [7, 11) is 0. The maximum Gasteiger partial charge on any atom is 0.410 e. The summed E-state index contributed by atoms with van der Waals surface area (Å²) in [5, 5.41) is 2.94. The fourth-order valence-electron chi connectivity index (χ4n) is 3.00. The molecule has 0 saturated carbocycles. The first kappa shape index (κ1) is 21.5. The average molecular weight is 412 g/mol. The van der Waals surface area contributed by atoms with Gasteiger partial charge < -0.3 is 24.4 Å². The second kappa shape index (κ2) is 9.07. The lowest BCUT2D eigenvalue weighted by Gasteiger charge is -2.27. The number of hydrogen-bond acceptors (Lipinski definition) is 5. The van der Waals surface area contributed by atoms with Gasteiger partial charge in [0, 0.05) is 17.8 Å². The average Bonchev–Trinajstić information content (AvgIpc) is 2.71. The molecule has 1 aliphatic rings. The van der Waals surface area contributed by atoms with Crippen LogP contribution in [0, 0.1) is 0 Å². The Labute approximate surface area is 176 Å². The molecule has 2 amide bonds. The van der Waals surface area contributed by atoms with Gasteiger partial charge in [-0.1, -0.05) is 18.2 Å². The Morgan fingerprint density at radius 1 is 1.07 bits per heavy atom. The van der Waals surface area contributed by atoms with E-state index in [4.69, 9.17) is 14.2 Å². The van der Waals surface area contributed by atoms with Crippen molar-refractivity contribution in [2.45, 2.75) is 39.8 Å². The van der Waals surface area contributed by atoms with Gasteiger partial charge in [-0.05, 0) is 57.5 Å². The topological polar surface area (TPSA) is 77.1 Å². The van der Waals surface area contributed by atoms with Crippen LogP contribution in [-0.4, -0.2) is 42.3 Å². The molecule has 0 aliphatic carbocycles. The van der Waals surface area contributed by atoms with E-state index in [2.05, 4.69) is 5.32 Å². The molecule has 160 valence electrons. The lowest BCUT2D eigenvalue weighted by atomic mass is 10.1. The monoisotopic (exact) mass is 412 g/mol. The molecule has 0 aromatic heterocycles. The second-order valence-corrected chi connectivity index (χ2v) is 7.96. The van der Waals surface area contributed by atoms with Gasteiger partial charge in [0.15, 0.2) is 11.5 Å². The third-order valence-electron chi connectivity index (χ3n) is 4.46. The van der Waals surface area contributed by atoms with Crippen LogP contribution in [-0.2, 0) is 11.3 Å². The highest BCUT2D eigenvalue weighted by Crippen LogP contribution is 2.31. The molecule has 1 heterocycles. The van der Waals surface area contributed by atoms with Crippen LogP contribution < -0.4 is 14.8 Å². The van der Waals surface area contributed by atoms with Gasteiger partial charge in [-0.15, -0.1) is 0 Å². The zero-order chi connectivity index (χ0) is 21.7. The highest BCUT2D eigenvalue weighted by Gasteiger charge is 2.22. The molecule has 0 radical (unpaired) electrons. The molecule has 0 spiro atoms. The van der Waals surface area contributed by atoms with Crippen LogP contribution in [0.1, 0.15) is 43.6 Å². The normalized spacial score (nSPS) is 12.8. The minimum atomic E-state index is -0.573. The van der Waals surface area contributed by atoms with Gasteiger partial charge in [-0.3, -0.25) is 4.79 Å². The van der Waals surface area contributed by atoms with Crippen molar-refractivity contribution in [2.75, 3.05) is 25.1 Å². The van der Waals surface area contributed by atoms with E-state index >= 15 is 0 Å². The van der Waals surface area contributed by atoms with Crippen molar-refractivity contribution in [1.29, 1.82) is 0 Å². The SMILES string of the molecule is CCN(Cc1ccccc1NC(=O)c1ccc2c(c1)OCCO2)C(=O)OC(C)(C)C. The molecular formula is C23H28N2O5. The van der Waals surface area contributed by atoms with Crippen molar-refractivity contribution in [1.82, 2.24) is 4.90 Å². The van der Waals surface area contributed by atoms with E-state index in [1.165, 1.54) is 0 Å². The predicted molar refractivity (Wildman–Crippen MR) is 114 cm³/mol. The summed E-state index contributed by atoms with van der Waals surface area (Å²) in [4.78, 5) is 26.9. The van der Waals surface area contributed by atoms with E-state index < -0.39 is 11.7 Å². The van der Waals surface area contributed by atoms with Gasteiger partial charge in [-0.25, -0.2) is 4.79 Å². The Kier molecular flexibility index (Phi) is 6.50. The third kappa shape index (κ3) is 5.43. The molecule has 0 unspecified atom stereocenters. The fraction of sp³-hybridized carbons (Fsp3) is 0.391. The van der Waals surface area contributed by atoms with Crippen LogP contribution in [0.2, 0.25) is 0 Å². The van der Waals surface area contributed by atoms with Crippen molar-refractivity contribution in [2.24, 2.45) is 0 Å². The maximum atomic E-state index is 12.8. The van der Waals surface area contributed by atoms with Crippen LogP contribution in [0.4, 0.5) is 10.5 Å². The Morgan fingerprint density at radius 2 is 1.77 bits per heavy atom. The van der Waals surface area contributed by atoms with E-state index in [1.807, 2.05) is 52.0 Å². The van der Waals surface area contributed by atoms with Gasteiger partial charge in [0.05, 0.1) is 6.54 Å². The number of nitrogens with zero attached hydrogens (tertiary/aromatic N) is 1. The van der Waals surface area contributed by atoms with Crippen LogP contribution in [0.15, 0.2) is 42.5 Å². The summed E-state index contributed by atoms with van der Waals surface area (Å²) in [6, 6.07) is 12.5. The largest absolute Gasteiger partial charge is 0.486 e. The minimum Gasteiger partial charge on any atom is -0.486 e. The molecule has 1 aliphatic heterocycles. The highest BCUT2D eigenvalue weighted by atomic mass is 16.6. The number of benzene rings is 2. The number of rotatable bonds is 5. The molecule has 0 atom stereocenters. The Hall–Kier alpha value is -3.22. The molecular weight excluding hydrogens is 384 g/mol. The summed E-state index contributed by atoms with van der Waals surface area (Å²) in [6.07, 6.45) is -0.391. The number of nitrogens with one attached hydrogen (secondary N) is 1. The number of carbonyl (C=O) groups is 2. The first-order chi connectivity index (χ1) is 14.3. The fourth-order valence-corrected chi connectivity index (χ4v) is 3.00. The quantitative estimate of drug-likeness (QED) is 0.784. The standard InChI is InChI=1S/C23H28N2O5/c1-5-25(22(27)30-23(2,3)4)15-17-8-6-7-9-18(17)24-21(26)16-10-11-19-20(14-16)29-13-12-28-19/h6-11,14H,5,12-13,15H2,1-4H3,(H,24,26). The molecule has 7 heteroatoms. The molecule has 2 aromatic rings. The van der Waals surface area contributed by atoms with Gasteiger partial charge in [0.25, 0.3) is 5.91 Å². The Morgan fingerprint density at radius 3 is 2.47 bits per heavy atom. The summed E-state index contributed by atoms with van der Waals surface area (Å²) >= 11 is 0. The van der Waals surface area contributed by atoms with Gasteiger partial charge in [0.2, 0.25) is 0 Å². The molecule has 0 fully saturated rings. The van der Waals surface area contributed by atoms with E-state index in [0.717, 1.165) is 5.56 Å². The number of anilines is 1. The first-order valence-corrected chi connectivity index (χ1v) is 10.0. The van der Waals surface area contributed by atoms with E-state index in [0.29, 0.717) is 49.1 Å². The van der Waals surface area contributed by atoms with Gasteiger partial charge in [0.1, 0.15) is 18.8 Å². The second-order valence-electron chi connectivity index (χ2n) is 7.96. The van der Waals surface area contributed by atoms with E-state index in [1.54, 1.807) is 23.1 Å². The number of carbonyl (C=O) groups excluding carboxylic acids is 2. The lowest BCUT2D eigenvalue weighted by Crippen LogP contribution is -2.36. The van der Waals surface area contributed by atoms with Crippen molar-refractivity contribution in [3.63, 3.8) is 0 Å². The summed E-state index contributed by atoms with van der Waals surface area (Å²) in [6.45, 7) is 9.15. The molecule has 2 aromatic carbocycles. The van der Waals surface area contributed by atoms with Gasteiger partial charge in [-0.2, -0.15) is 0 Å². The molecule has 3 rings (SSSR count). The van der Waals surface area contributed by atoms with Crippen molar-refractivity contribution >= 4 is 17.7 Å². The highest BCUT2D eigenvalue weighted by molar-refractivity contribution is 6.05. The minimum absolute atomic E-state index is 0.264. The summed E-state index contributed by atoms with van der Waals surface area (Å²) in [5.74, 6) is 0.929. The van der Waals surface area contributed by atoms with Crippen molar-refractivity contribution < 1.29 is 23.8 Å². The smallest absolute Gasteiger partial charge is 0.410 e. The number of ether oxygens (including phenoxy) is 3. The van der Waals surface area contributed by atoms with Crippen LogP contribution in [0.5, 0.6) is 11.5 Å². The zero-order valence-electron chi connectivity index (χ0n) is 17.9. The van der Waals surface area contributed by atoms with E-state index in [-0.39, 0.29) is 5.91 Å². The van der Waals surface area contributed by atoms with Crippen LogP contribution >= 0.6 is 0 Å². The Balaban J connectivity index is 1.75. The number of hydrogen-bond donors (Lipinski definition) is 1. The number of fused-ring (bicyclic) bond motifs is 1. The number of amides is 2. The zero-order valence-corrected chi connectivity index (χ0v) is 17.9. The van der Waals surface area contributed by atoms with Gasteiger partial charge >= 0.3 is 6.09 Å². The maximum absolute atomic E-state index is 12.8.